The van der Waals surface area contributed by atoms with E-state index in [2.05, 4.69) is 10.6 Å². The first-order chi connectivity index (χ1) is 11.0. The molecule has 0 saturated carbocycles. The number of benzene rings is 1. The molecule has 3 rings (SSSR count). The number of nitrogens with one attached hydrogen (secondary N) is 2. The first-order valence-electron chi connectivity index (χ1n) is 7.19. The standard InChI is InChI=1S/C15H16N2O6/c18-12(17-15(14(20)21)5-6-22-8-15)7-11-13(19)16-9-3-1-2-4-10(9)23-11/h1-4,11H,5-8H2,(H,16,19)(H,17,18)(H,20,21). The van der Waals surface area contributed by atoms with Gasteiger partial charge in [-0.25, -0.2) is 4.79 Å². The molecule has 2 heterocycles. The van der Waals surface area contributed by atoms with Crippen molar-refractivity contribution in [3.63, 3.8) is 0 Å². The second-order valence-electron chi connectivity index (χ2n) is 5.53. The maximum atomic E-state index is 12.1. The molecule has 122 valence electrons. The molecule has 0 bridgehead atoms. The van der Waals surface area contributed by atoms with Gasteiger partial charge in [-0.1, -0.05) is 12.1 Å². The monoisotopic (exact) mass is 320 g/mol. The molecule has 0 radical (unpaired) electrons. The minimum Gasteiger partial charge on any atom is -0.479 e. The van der Waals surface area contributed by atoms with Crippen molar-refractivity contribution in [2.75, 3.05) is 18.5 Å². The van der Waals surface area contributed by atoms with Gasteiger partial charge in [0.2, 0.25) is 5.91 Å². The van der Waals surface area contributed by atoms with Gasteiger partial charge in [0.05, 0.1) is 18.7 Å². The Balaban J connectivity index is 1.66. The summed E-state index contributed by atoms with van der Waals surface area (Å²) in [6, 6.07) is 6.89. The van der Waals surface area contributed by atoms with E-state index in [1.807, 2.05) is 0 Å². The first kappa shape index (κ1) is 15.3. The van der Waals surface area contributed by atoms with Crippen molar-refractivity contribution in [3.05, 3.63) is 24.3 Å². The summed E-state index contributed by atoms with van der Waals surface area (Å²) in [6.07, 6.45) is -1.08. The number of hydrogen-bond acceptors (Lipinski definition) is 5. The summed E-state index contributed by atoms with van der Waals surface area (Å²) < 4.78 is 10.6. The van der Waals surface area contributed by atoms with Crippen LogP contribution in [0.1, 0.15) is 12.8 Å². The lowest BCUT2D eigenvalue weighted by Gasteiger charge is -2.27. The number of ether oxygens (including phenoxy) is 2. The molecule has 1 saturated heterocycles. The number of carbonyl (C=O) groups excluding carboxylic acids is 2. The zero-order chi connectivity index (χ0) is 16.4. The molecule has 23 heavy (non-hydrogen) atoms. The van der Waals surface area contributed by atoms with Crippen LogP contribution in [0.25, 0.3) is 0 Å². The number of aliphatic carboxylic acids is 1. The third-order valence-corrected chi connectivity index (χ3v) is 3.89. The predicted octanol–water partition coefficient (Wildman–Crippen LogP) is 0.136. The Hall–Kier alpha value is -2.61. The van der Waals surface area contributed by atoms with E-state index in [0.717, 1.165) is 0 Å². The average molecular weight is 320 g/mol. The summed E-state index contributed by atoms with van der Waals surface area (Å²) in [5.74, 6) is -1.69. The molecule has 3 N–H and O–H groups in total. The number of para-hydroxylation sites is 2. The molecule has 1 aromatic rings. The van der Waals surface area contributed by atoms with Gasteiger partial charge in [-0.3, -0.25) is 9.59 Å². The van der Waals surface area contributed by atoms with E-state index in [-0.39, 0.29) is 26.1 Å². The van der Waals surface area contributed by atoms with Gasteiger partial charge in [0.25, 0.3) is 5.91 Å². The lowest BCUT2D eigenvalue weighted by Crippen LogP contribution is -2.56. The normalized spacial score (nSPS) is 25.9. The minimum atomic E-state index is -1.43. The highest BCUT2D eigenvalue weighted by atomic mass is 16.5. The van der Waals surface area contributed by atoms with Crippen LogP contribution in [0.15, 0.2) is 24.3 Å². The highest BCUT2D eigenvalue weighted by Crippen LogP contribution is 2.29. The van der Waals surface area contributed by atoms with E-state index in [1.54, 1.807) is 24.3 Å². The van der Waals surface area contributed by atoms with E-state index in [9.17, 15) is 19.5 Å². The van der Waals surface area contributed by atoms with Gasteiger partial charge in [0.1, 0.15) is 5.75 Å². The van der Waals surface area contributed by atoms with Crippen LogP contribution in [0.2, 0.25) is 0 Å². The van der Waals surface area contributed by atoms with Gasteiger partial charge in [-0.15, -0.1) is 0 Å². The molecule has 1 aromatic carbocycles. The first-order valence-corrected chi connectivity index (χ1v) is 7.19. The second kappa shape index (κ2) is 5.88. The van der Waals surface area contributed by atoms with Crippen LogP contribution < -0.4 is 15.4 Å². The van der Waals surface area contributed by atoms with Crippen LogP contribution in [0, 0.1) is 0 Å². The Labute approximate surface area is 131 Å². The molecule has 1 fully saturated rings. The molecule has 2 aliphatic rings. The maximum absolute atomic E-state index is 12.1. The molecule has 8 nitrogen and oxygen atoms in total. The smallest absolute Gasteiger partial charge is 0.331 e. The SMILES string of the molecule is O=C(CC1Oc2ccccc2NC1=O)NC1(C(=O)O)CCOC1. The van der Waals surface area contributed by atoms with E-state index < -0.39 is 29.4 Å². The van der Waals surface area contributed by atoms with Crippen LogP contribution >= 0.6 is 0 Å². The van der Waals surface area contributed by atoms with Crippen molar-refractivity contribution in [1.29, 1.82) is 0 Å². The van der Waals surface area contributed by atoms with Crippen LogP contribution in [-0.4, -0.2) is 47.7 Å². The van der Waals surface area contributed by atoms with Crippen LogP contribution in [-0.2, 0) is 19.1 Å². The topological polar surface area (TPSA) is 114 Å². The minimum absolute atomic E-state index is 0.0887. The molecule has 2 aliphatic heterocycles. The molecule has 0 aromatic heterocycles. The molecular formula is C15H16N2O6. The van der Waals surface area contributed by atoms with Gasteiger partial charge in [0, 0.05) is 13.0 Å². The lowest BCUT2D eigenvalue weighted by molar-refractivity contribution is -0.148. The summed E-state index contributed by atoms with van der Waals surface area (Å²) in [5, 5.41) is 14.4. The van der Waals surface area contributed by atoms with Crippen molar-refractivity contribution >= 4 is 23.5 Å². The molecular weight excluding hydrogens is 304 g/mol. The van der Waals surface area contributed by atoms with Crippen molar-refractivity contribution in [2.24, 2.45) is 0 Å². The van der Waals surface area contributed by atoms with Gasteiger partial charge < -0.3 is 25.2 Å². The highest BCUT2D eigenvalue weighted by Gasteiger charge is 2.44. The van der Waals surface area contributed by atoms with Crippen LogP contribution in [0.3, 0.4) is 0 Å². The number of rotatable bonds is 4. The molecule has 0 aliphatic carbocycles. The Morgan fingerprint density at radius 2 is 2.17 bits per heavy atom. The van der Waals surface area contributed by atoms with Gasteiger partial charge in [-0.05, 0) is 12.1 Å². The Bertz CT molecular complexity index is 653. The zero-order valence-electron chi connectivity index (χ0n) is 12.2. The van der Waals surface area contributed by atoms with Crippen LogP contribution in [0.4, 0.5) is 5.69 Å². The Morgan fingerprint density at radius 1 is 1.39 bits per heavy atom. The van der Waals surface area contributed by atoms with Crippen LogP contribution in [0.5, 0.6) is 5.75 Å². The molecule has 2 atom stereocenters. The van der Waals surface area contributed by atoms with E-state index in [1.165, 1.54) is 0 Å². The van der Waals surface area contributed by atoms with Gasteiger partial charge in [-0.2, -0.15) is 0 Å². The van der Waals surface area contributed by atoms with E-state index >= 15 is 0 Å². The zero-order valence-corrected chi connectivity index (χ0v) is 12.2. The Morgan fingerprint density at radius 3 is 2.87 bits per heavy atom. The fourth-order valence-corrected chi connectivity index (χ4v) is 2.60. The van der Waals surface area contributed by atoms with Gasteiger partial charge in [0.15, 0.2) is 11.6 Å². The number of anilines is 1. The Kier molecular flexibility index (Phi) is 3.91. The summed E-state index contributed by atoms with van der Waals surface area (Å²) in [7, 11) is 0. The lowest BCUT2D eigenvalue weighted by atomic mass is 9.98. The number of fused-ring (bicyclic) bond motifs is 1. The van der Waals surface area contributed by atoms with Crippen molar-refractivity contribution in [2.45, 2.75) is 24.5 Å². The molecule has 2 unspecified atom stereocenters. The highest BCUT2D eigenvalue weighted by molar-refractivity contribution is 6.00. The number of carbonyl (C=O) groups is 3. The third kappa shape index (κ3) is 2.98. The second-order valence-corrected chi connectivity index (χ2v) is 5.53. The number of hydrogen-bond donors (Lipinski definition) is 3. The molecule has 2 amide bonds. The number of amides is 2. The van der Waals surface area contributed by atoms with Gasteiger partial charge >= 0.3 is 5.97 Å². The summed E-state index contributed by atoms with van der Waals surface area (Å²) in [5.41, 5.74) is -0.888. The average Bonchev–Trinajstić information content (AvgIpc) is 2.98. The van der Waals surface area contributed by atoms with Crippen molar-refractivity contribution < 1.29 is 29.0 Å². The fraction of sp³-hybridized carbons (Fsp3) is 0.400. The quantitative estimate of drug-likeness (QED) is 0.727. The predicted molar refractivity (Wildman–Crippen MR) is 78.1 cm³/mol. The number of carboxylic acid groups (broad SMARTS) is 1. The number of carboxylic acids is 1. The summed E-state index contributed by atoms with van der Waals surface area (Å²) >= 11 is 0. The third-order valence-electron chi connectivity index (χ3n) is 3.89. The van der Waals surface area contributed by atoms with E-state index in [4.69, 9.17) is 9.47 Å². The van der Waals surface area contributed by atoms with Crippen molar-refractivity contribution in [3.8, 4) is 5.75 Å². The largest absolute Gasteiger partial charge is 0.479 e. The maximum Gasteiger partial charge on any atom is 0.331 e. The molecule has 0 spiro atoms. The van der Waals surface area contributed by atoms with Crippen molar-refractivity contribution in [1.82, 2.24) is 5.32 Å². The van der Waals surface area contributed by atoms with E-state index in [0.29, 0.717) is 11.4 Å². The summed E-state index contributed by atoms with van der Waals surface area (Å²) in [4.78, 5) is 35.5. The summed E-state index contributed by atoms with van der Waals surface area (Å²) in [6.45, 7) is 0.176. The molecule has 8 heteroatoms. The fourth-order valence-electron chi connectivity index (χ4n) is 2.60.